The van der Waals surface area contributed by atoms with E-state index >= 15 is 0 Å². The first kappa shape index (κ1) is 10.5. The first-order valence-electron chi connectivity index (χ1n) is 4.52. The monoisotopic (exact) mass is 200 g/mol. The molecule has 2 N–H and O–H groups in total. The molecular formula is C8H16N4S. The molecule has 1 aromatic heterocycles. The summed E-state index contributed by atoms with van der Waals surface area (Å²) < 4.78 is 2.07. The summed E-state index contributed by atoms with van der Waals surface area (Å²) in [6.45, 7) is 5.56. The Bertz CT molecular complexity index is 259. The van der Waals surface area contributed by atoms with Gasteiger partial charge in [0.15, 0.2) is 5.16 Å². The number of rotatable bonds is 5. The van der Waals surface area contributed by atoms with Crippen molar-refractivity contribution in [2.45, 2.75) is 32.0 Å². The van der Waals surface area contributed by atoms with Crippen molar-refractivity contribution >= 4 is 11.8 Å². The fourth-order valence-electron chi connectivity index (χ4n) is 1.05. The van der Waals surface area contributed by atoms with Gasteiger partial charge in [-0.1, -0.05) is 18.7 Å². The lowest BCUT2D eigenvalue weighted by Crippen LogP contribution is -2.12. The van der Waals surface area contributed by atoms with Gasteiger partial charge in [0.2, 0.25) is 0 Å². The van der Waals surface area contributed by atoms with Crippen molar-refractivity contribution in [3.63, 3.8) is 0 Å². The van der Waals surface area contributed by atoms with Crippen molar-refractivity contribution in [2.75, 3.05) is 12.3 Å². The molecule has 1 heterocycles. The highest BCUT2D eigenvalue weighted by molar-refractivity contribution is 7.99. The topological polar surface area (TPSA) is 56.7 Å². The molecule has 0 bridgehead atoms. The number of hydrogen-bond acceptors (Lipinski definition) is 4. The molecule has 74 valence electrons. The summed E-state index contributed by atoms with van der Waals surface area (Å²) in [5.41, 5.74) is 5.50. The molecule has 0 saturated heterocycles. The van der Waals surface area contributed by atoms with Crippen molar-refractivity contribution in [1.29, 1.82) is 0 Å². The molecule has 5 heteroatoms. The Kier molecular flexibility index (Phi) is 4.24. The molecule has 4 nitrogen and oxygen atoms in total. The molecule has 0 atom stereocenters. The van der Waals surface area contributed by atoms with Crippen molar-refractivity contribution in [3.8, 4) is 0 Å². The molecule has 0 fully saturated rings. The van der Waals surface area contributed by atoms with E-state index in [2.05, 4.69) is 21.7 Å². The highest BCUT2D eigenvalue weighted by Gasteiger charge is 2.07. The fraction of sp³-hybridized carbons (Fsp3) is 0.750. The molecule has 0 unspecified atom stereocenters. The zero-order chi connectivity index (χ0) is 9.68. The van der Waals surface area contributed by atoms with Gasteiger partial charge < -0.3 is 10.3 Å². The summed E-state index contributed by atoms with van der Waals surface area (Å²) in [6, 6.07) is 0. The third-order valence-electron chi connectivity index (χ3n) is 1.69. The van der Waals surface area contributed by atoms with E-state index < -0.39 is 0 Å². The third-order valence-corrected chi connectivity index (χ3v) is 2.86. The van der Waals surface area contributed by atoms with Gasteiger partial charge in [-0.2, -0.15) is 0 Å². The van der Waals surface area contributed by atoms with Crippen LogP contribution in [-0.4, -0.2) is 27.1 Å². The molecule has 1 rings (SSSR count). The minimum atomic E-state index is 0.637. The summed E-state index contributed by atoms with van der Waals surface area (Å²) in [4.78, 5) is 0. The Balaban J connectivity index is 2.68. The first-order chi connectivity index (χ1) is 6.29. The first-order valence-corrected chi connectivity index (χ1v) is 5.50. The quantitative estimate of drug-likeness (QED) is 0.722. The highest BCUT2D eigenvalue weighted by atomic mass is 32.2. The molecule has 1 aromatic rings. The van der Waals surface area contributed by atoms with E-state index in [1.165, 1.54) is 0 Å². The van der Waals surface area contributed by atoms with E-state index in [0.29, 0.717) is 6.54 Å². The van der Waals surface area contributed by atoms with Gasteiger partial charge in [-0.05, 0) is 13.3 Å². The molecular weight excluding hydrogens is 184 g/mol. The largest absolute Gasteiger partial charge is 0.329 e. The van der Waals surface area contributed by atoms with Crippen LogP contribution in [0.15, 0.2) is 5.16 Å². The van der Waals surface area contributed by atoms with Crippen LogP contribution < -0.4 is 5.73 Å². The second kappa shape index (κ2) is 5.24. The normalized spacial score (nSPS) is 10.7. The third kappa shape index (κ3) is 2.70. The van der Waals surface area contributed by atoms with Crippen LogP contribution >= 0.6 is 11.8 Å². The predicted octanol–water partition coefficient (Wildman–Crippen LogP) is 1.05. The van der Waals surface area contributed by atoms with Crippen LogP contribution in [0.25, 0.3) is 0 Å². The lowest BCUT2D eigenvalue weighted by molar-refractivity contribution is 0.627. The van der Waals surface area contributed by atoms with Gasteiger partial charge in [-0.25, -0.2) is 0 Å². The molecule has 13 heavy (non-hydrogen) atoms. The van der Waals surface area contributed by atoms with E-state index in [4.69, 9.17) is 5.73 Å². The molecule has 0 radical (unpaired) electrons. The van der Waals surface area contributed by atoms with E-state index in [0.717, 1.165) is 29.7 Å². The van der Waals surface area contributed by atoms with Crippen LogP contribution in [0.1, 0.15) is 19.2 Å². The maximum Gasteiger partial charge on any atom is 0.191 e. The molecule has 0 saturated carbocycles. The van der Waals surface area contributed by atoms with Gasteiger partial charge in [0.05, 0.1) is 0 Å². The summed E-state index contributed by atoms with van der Waals surface area (Å²) in [5.74, 6) is 2.03. The van der Waals surface area contributed by atoms with E-state index in [9.17, 15) is 0 Å². The van der Waals surface area contributed by atoms with E-state index in [-0.39, 0.29) is 0 Å². The minimum Gasteiger partial charge on any atom is -0.329 e. The lowest BCUT2D eigenvalue weighted by atomic mass is 10.6. The Labute approximate surface area is 82.9 Å². The van der Waals surface area contributed by atoms with Crippen LogP contribution in [0.2, 0.25) is 0 Å². The van der Waals surface area contributed by atoms with Crippen molar-refractivity contribution in [2.24, 2.45) is 5.73 Å². The Morgan fingerprint density at radius 1 is 1.46 bits per heavy atom. The zero-order valence-corrected chi connectivity index (χ0v) is 8.97. The van der Waals surface area contributed by atoms with Crippen molar-refractivity contribution in [3.05, 3.63) is 5.82 Å². The zero-order valence-electron chi connectivity index (χ0n) is 8.16. The summed E-state index contributed by atoms with van der Waals surface area (Å²) in [6.07, 6.45) is 1.15. The Morgan fingerprint density at radius 3 is 2.85 bits per heavy atom. The van der Waals surface area contributed by atoms with Gasteiger partial charge in [-0.15, -0.1) is 10.2 Å². The maximum absolute atomic E-state index is 5.50. The van der Waals surface area contributed by atoms with Gasteiger partial charge in [0, 0.05) is 18.8 Å². The van der Waals surface area contributed by atoms with E-state index in [1.54, 1.807) is 11.8 Å². The standard InChI is InChI=1S/C8H16N4S/c1-3-6-13-8-11-10-7(2)12(8)5-4-9/h3-6,9H2,1-2H3. The molecule has 0 aliphatic carbocycles. The number of aromatic nitrogens is 3. The lowest BCUT2D eigenvalue weighted by Gasteiger charge is -2.04. The average molecular weight is 200 g/mol. The predicted molar refractivity (Wildman–Crippen MR) is 54.8 cm³/mol. The number of nitrogens with zero attached hydrogens (tertiary/aromatic N) is 3. The van der Waals surface area contributed by atoms with Crippen molar-refractivity contribution in [1.82, 2.24) is 14.8 Å². The van der Waals surface area contributed by atoms with Gasteiger partial charge in [0.25, 0.3) is 0 Å². The van der Waals surface area contributed by atoms with Gasteiger partial charge in [-0.3, -0.25) is 0 Å². The maximum atomic E-state index is 5.50. The second-order valence-electron chi connectivity index (χ2n) is 2.82. The summed E-state index contributed by atoms with van der Waals surface area (Å²) >= 11 is 1.74. The van der Waals surface area contributed by atoms with Gasteiger partial charge in [0.1, 0.15) is 5.82 Å². The molecule has 0 aromatic carbocycles. The van der Waals surface area contributed by atoms with Gasteiger partial charge >= 0.3 is 0 Å². The SMILES string of the molecule is CCCSc1nnc(C)n1CCN. The number of hydrogen-bond donors (Lipinski definition) is 1. The second-order valence-corrected chi connectivity index (χ2v) is 3.88. The number of nitrogens with two attached hydrogens (primary N) is 1. The number of aryl methyl sites for hydroxylation is 1. The van der Waals surface area contributed by atoms with Crippen LogP contribution in [0.3, 0.4) is 0 Å². The smallest absolute Gasteiger partial charge is 0.191 e. The van der Waals surface area contributed by atoms with Crippen LogP contribution in [0.5, 0.6) is 0 Å². The minimum absolute atomic E-state index is 0.637. The number of thioether (sulfide) groups is 1. The molecule has 0 spiro atoms. The van der Waals surface area contributed by atoms with Crippen LogP contribution in [0, 0.1) is 6.92 Å². The molecule has 0 aliphatic heterocycles. The highest BCUT2D eigenvalue weighted by Crippen LogP contribution is 2.16. The Hall–Kier alpha value is -0.550. The van der Waals surface area contributed by atoms with Crippen LogP contribution in [0.4, 0.5) is 0 Å². The van der Waals surface area contributed by atoms with Crippen LogP contribution in [-0.2, 0) is 6.54 Å². The van der Waals surface area contributed by atoms with E-state index in [1.807, 2.05) is 6.92 Å². The summed E-state index contributed by atoms with van der Waals surface area (Å²) in [5, 5.41) is 9.11. The fourth-order valence-corrected chi connectivity index (χ4v) is 1.91. The Morgan fingerprint density at radius 2 is 2.23 bits per heavy atom. The molecule has 0 amide bonds. The van der Waals surface area contributed by atoms with Crippen molar-refractivity contribution < 1.29 is 0 Å². The summed E-state index contributed by atoms with van der Waals surface area (Å²) in [7, 11) is 0. The average Bonchev–Trinajstić information content (AvgIpc) is 2.46. The molecule has 0 aliphatic rings.